The summed E-state index contributed by atoms with van der Waals surface area (Å²) in [5, 5.41) is 14.8. The van der Waals surface area contributed by atoms with Gasteiger partial charge in [0.2, 0.25) is 6.04 Å². The lowest BCUT2D eigenvalue weighted by Crippen LogP contribution is -2.18. The van der Waals surface area contributed by atoms with E-state index < -0.39 is 12.0 Å². The molecule has 10 heavy (non-hydrogen) atoms. The Kier molecular flexibility index (Phi) is 4.02. The van der Waals surface area contributed by atoms with Crippen molar-refractivity contribution in [3.05, 3.63) is 0 Å². The summed E-state index contributed by atoms with van der Waals surface area (Å²) in [5.74, 6) is -1.27. The number of hydrogen-bond donors (Lipinski definition) is 1. The van der Waals surface area contributed by atoms with Crippen LogP contribution < -0.4 is 0 Å². The van der Waals surface area contributed by atoms with Gasteiger partial charge in [0.05, 0.1) is 6.54 Å². The molecule has 0 fully saturated rings. The highest BCUT2D eigenvalue weighted by Crippen LogP contribution is 1.87. The molecule has 0 aliphatic heterocycles. The third-order valence-electron chi connectivity index (χ3n) is 0.729. The molecule has 1 atom stereocenters. The summed E-state index contributed by atoms with van der Waals surface area (Å²) in [4.78, 5) is 20.0. The lowest BCUT2D eigenvalue weighted by atomic mass is 10.4. The molecule has 5 heteroatoms. The van der Waals surface area contributed by atoms with E-state index in [2.05, 4.69) is 10.2 Å². The predicted molar refractivity (Wildman–Crippen MR) is 32.9 cm³/mol. The molecule has 0 radical (unpaired) electrons. The van der Waals surface area contributed by atoms with Gasteiger partial charge in [0, 0.05) is 0 Å². The van der Waals surface area contributed by atoms with Gasteiger partial charge in [0.1, 0.15) is 0 Å². The first-order valence-electron chi connectivity index (χ1n) is 2.77. The zero-order chi connectivity index (χ0) is 7.98. The highest BCUT2D eigenvalue weighted by atomic mass is 16.4. The number of rotatable bonds is 4. The third-order valence-corrected chi connectivity index (χ3v) is 0.729. The van der Waals surface area contributed by atoms with Crippen molar-refractivity contribution in [2.75, 3.05) is 6.54 Å². The number of hydrogen-bond acceptors (Lipinski definition) is 4. The quantitative estimate of drug-likeness (QED) is 0.345. The molecule has 0 aromatic rings. The molecule has 0 aliphatic carbocycles. The van der Waals surface area contributed by atoms with Crippen LogP contribution in [0.15, 0.2) is 10.2 Å². The van der Waals surface area contributed by atoms with E-state index in [9.17, 15) is 9.59 Å². The van der Waals surface area contributed by atoms with Crippen LogP contribution in [0.4, 0.5) is 0 Å². The van der Waals surface area contributed by atoms with Crippen molar-refractivity contribution in [2.45, 2.75) is 13.0 Å². The number of carbonyl (C=O) groups is 2. The molecule has 56 valence electrons. The van der Waals surface area contributed by atoms with Gasteiger partial charge in [-0.2, -0.15) is 10.2 Å². The maximum absolute atomic E-state index is 10.1. The van der Waals surface area contributed by atoms with E-state index in [4.69, 9.17) is 5.11 Å². The van der Waals surface area contributed by atoms with Crippen LogP contribution in [0.5, 0.6) is 0 Å². The van der Waals surface area contributed by atoms with Gasteiger partial charge < -0.3 is 9.90 Å². The normalized spacial score (nSPS) is 13.3. The summed E-state index contributed by atoms with van der Waals surface area (Å²) >= 11 is 0. The van der Waals surface area contributed by atoms with Gasteiger partial charge in [-0.05, 0) is 6.92 Å². The SMILES string of the molecule is CCN=NC(C=O)C(=O)O. The lowest BCUT2D eigenvalue weighted by molar-refractivity contribution is -0.139. The second kappa shape index (κ2) is 4.60. The molecule has 0 aromatic carbocycles. The molecule has 0 aliphatic rings. The van der Waals surface area contributed by atoms with Crippen LogP contribution in [-0.2, 0) is 9.59 Å². The molecule has 0 saturated heterocycles. The molecule has 0 spiro atoms. The Labute approximate surface area is 57.8 Å². The Morgan fingerprint density at radius 1 is 1.80 bits per heavy atom. The lowest BCUT2D eigenvalue weighted by Gasteiger charge is -1.92. The van der Waals surface area contributed by atoms with Crippen molar-refractivity contribution in [2.24, 2.45) is 10.2 Å². The molecule has 0 saturated carbocycles. The van der Waals surface area contributed by atoms with Crippen LogP contribution in [-0.4, -0.2) is 29.9 Å². The Morgan fingerprint density at radius 3 is 2.70 bits per heavy atom. The largest absolute Gasteiger partial charge is 0.479 e. The minimum atomic E-state index is -1.33. The average molecular weight is 144 g/mol. The van der Waals surface area contributed by atoms with Gasteiger partial charge in [0.25, 0.3) is 0 Å². The van der Waals surface area contributed by atoms with Gasteiger partial charge in [0.15, 0.2) is 6.29 Å². The topological polar surface area (TPSA) is 79.1 Å². The molecule has 1 N–H and O–H groups in total. The molecule has 1 unspecified atom stereocenters. The van der Waals surface area contributed by atoms with Gasteiger partial charge in [-0.25, -0.2) is 4.79 Å². The van der Waals surface area contributed by atoms with Crippen LogP contribution in [0.2, 0.25) is 0 Å². The summed E-state index contributed by atoms with van der Waals surface area (Å²) < 4.78 is 0. The van der Waals surface area contributed by atoms with E-state index >= 15 is 0 Å². The fourth-order valence-corrected chi connectivity index (χ4v) is 0.304. The molecule has 0 bridgehead atoms. The Hall–Kier alpha value is -1.26. The zero-order valence-electron chi connectivity index (χ0n) is 5.52. The second-order valence-corrected chi connectivity index (χ2v) is 1.49. The number of nitrogens with zero attached hydrogens (tertiary/aromatic N) is 2. The first-order chi connectivity index (χ1) is 4.72. The van der Waals surface area contributed by atoms with Gasteiger partial charge >= 0.3 is 5.97 Å². The van der Waals surface area contributed by atoms with Crippen molar-refractivity contribution in [3.8, 4) is 0 Å². The van der Waals surface area contributed by atoms with E-state index in [0.29, 0.717) is 6.54 Å². The van der Waals surface area contributed by atoms with Crippen LogP contribution in [0.3, 0.4) is 0 Å². The third kappa shape index (κ3) is 2.91. The summed E-state index contributed by atoms with van der Waals surface area (Å²) in [6.07, 6.45) is 0.238. The highest BCUT2D eigenvalue weighted by molar-refractivity contribution is 5.90. The molecule has 0 heterocycles. The number of carboxylic acid groups (broad SMARTS) is 1. The smallest absolute Gasteiger partial charge is 0.337 e. The number of aldehydes is 1. The Balaban J connectivity index is 3.95. The fraction of sp³-hybridized carbons (Fsp3) is 0.600. The summed E-state index contributed by atoms with van der Waals surface area (Å²) in [6, 6.07) is -1.33. The molecular weight excluding hydrogens is 136 g/mol. The Bertz CT molecular complexity index is 155. The zero-order valence-corrected chi connectivity index (χ0v) is 5.52. The first kappa shape index (κ1) is 8.74. The number of carbonyl (C=O) groups excluding carboxylic acids is 1. The summed E-state index contributed by atoms with van der Waals surface area (Å²) in [6.45, 7) is 2.09. The maximum atomic E-state index is 10.1. The monoisotopic (exact) mass is 144 g/mol. The number of carboxylic acids is 1. The minimum absolute atomic E-state index is 0.238. The van der Waals surface area contributed by atoms with Crippen molar-refractivity contribution in [1.82, 2.24) is 0 Å². The number of azo groups is 1. The van der Waals surface area contributed by atoms with Crippen molar-refractivity contribution in [3.63, 3.8) is 0 Å². The highest BCUT2D eigenvalue weighted by Gasteiger charge is 2.13. The van der Waals surface area contributed by atoms with E-state index in [1.165, 1.54) is 0 Å². The van der Waals surface area contributed by atoms with Crippen LogP contribution in [0, 0.1) is 0 Å². The average Bonchev–Trinajstić information content (AvgIpc) is 1.89. The van der Waals surface area contributed by atoms with Gasteiger partial charge in [-0.3, -0.25) is 0 Å². The van der Waals surface area contributed by atoms with Crippen molar-refractivity contribution in [1.29, 1.82) is 0 Å². The summed E-state index contributed by atoms with van der Waals surface area (Å²) in [7, 11) is 0. The maximum Gasteiger partial charge on any atom is 0.337 e. The van der Waals surface area contributed by atoms with E-state index in [0.717, 1.165) is 0 Å². The van der Waals surface area contributed by atoms with E-state index in [-0.39, 0.29) is 6.29 Å². The molecule has 0 rings (SSSR count). The standard InChI is InChI=1S/C5H8N2O3/c1-2-6-7-4(3-8)5(9)10/h3-4H,2H2,1H3,(H,9,10). The van der Waals surface area contributed by atoms with Crippen LogP contribution in [0.25, 0.3) is 0 Å². The van der Waals surface area contributed by atoms with Crippen LogP contribution >= 0.6 is 0 Å². The second-order valence-electron chi connectivity index (χ2n) is 1.49. The van der Waals surface area contributed by atoms with Gasteiger partial charge in [-0.15, -0.1) is 0 Å². The molecular formula is C5H8N2O3. The molecule has 5 nitrogen and oxygen atoms in total. The summed E-state index contributed by atoms with van der Waals surface area (Å²) in [5.41, 5.74) is 0. The van der Waals surface area contributed by atoms with E-state index in [1.807, 2.05) is 0 Å². The molecule has 0 amide bonds. The fourth-order valence-electron chi connectivity index (χ4n) is 0.304. The Morgan fingerprint density at radius 2 is 2.40 bits per heavy atom. The van der Waals surface area contributed by atoms with Crippen LogP contribution in [0.1, 0.15) is 6.92 Å². The van der Waals surface area contributed by atoms with Crippen molar-refractivity contribution < 1.29 is 14.7 Å². The predicted octanol–water partition coefficient (Wildman–Crippen LogP) is 0.111. The van der Waals surface area contributed by atoms with Crippen molar-refractivity contribution >= 4 is 12.3 Å². The van der Waals surface area contributed by atoms with E-state index in [1.54, 1.807) is 6.92 Å². The minimum Gasteiger partial charge on any atom is -0.479 e. The first-order valence-corrected chi connectivity index (χ1v) is 2.77. The molecule has 0 aromatic heterocycles. The number of aliphatic carboxylic acids is 1. The van der Waals surface area contributed by atoms with Gasteiger partial charge in [-0.1, -0.05) is 0 Å².